The Hall–Kier alpha value is -3.12. The monoisotopic (exact) mass is 726 g/mol. The molecule has 4 rings (SSSR count). The molecule has 0 radical (unpaired) electrons. The van der Waals surface area contributed by atoms with Crippen LogP contribution in [0.15, 0.2) is 18.6 Å². The van der Waals surface area contributed by atoms with E-state index in [-0.39, 0.29) is 53.3 Å². The van der Waals surface area contributed by atoms with Crippen LogP contribution in [0.2, 0.25) is 0 Å². The third-order valence-electron chi connectivity index (χ3n) is 11.5. The van der Waals surface area contributed by atoms with Gasteiger partial charge in [0.15, 0.2) is 0 Å². The van der Waals surface area contributed by atoms with Crippen LogP contribution in [-0.2, 0) is 14.4 Å². The van der Waals surface area contributed by atoms with E-state index in [1.54, 1.807) is 4.90 Å². The van der Waals surface area contributed by atoms with Crippen molar-refractivity contribution in [2.24, 2.45) is 29.1 Å². The highest BCUT2D eigenvalue weighted by Gasteiger charge is 2.49. The minimum Gasteiger partial charge on any atom is -0.376 e. The van der Waals surface area contributed by atoms with Crippen molar-refractivity contribution in [1.82, 2.24) is 36.1 Å². The molecular weight excluding hydrogens is 658 g/mol. The highest BCUT2D eigenvalue weighted by atomic mass is 16.3. The standard InChI is InChI=1S/C40H67N7O5/c1-8-14-28-25(4)24-47(33(28)38(51)44-30(16-10-3)29(15-9-2)35(48)43-27-19-20-27)39(52)34(40(5,6)7)46-37(50)32(26-17-12-11-13-18-26)45-36(49)31-23-41-21-22-42-31/h21-23,25-30,32-34,38,44,51H,8-20,24H2,1-7H3,(H,43,48)(H,45,49)(H,46,50)/t25?,28?,29?,30-,32-,33?,34?,38?/m0/s1. The molecule has 1 aromatic rings. The zero-order valence-corrected chi connectivity index (χ0v) is 32.8. The Morgan fingerprint density at radius 1 is 0.923 bits per heavy atom. The van der Waals surface area contributed by atoms with Gasteiger partial charge in [0.2, 0.25) is 17.7 Å². The molecule has 3 aliphatic rings. The van der Waals surface area contributed by atoms with Gasteiger partial charge >= 0.3 is 0 Å². The lowest BCUT2D eigenvalue weighted by atomic mass is 9.82. The average molecular weight is 726 g/mol. The Morgan fingerprint density at radius 3 is 2.19 bits per heavy atom. The molecule has 1 aliphatic heterocycles. The number of nitrogens with one attached hydrogen (secondary N) is 4. The lowest BCUT2D eigenvalue weighted by Gasteiger charge is -2.40. The van der Waals surface area contributed by atoms with Crippen LogP contribution in [0.4, 0.5) is 0 Å². The minimum atomic E-state index is -1.06. The van der Waals surface area contributed by atoms with E-state index in [0.717, 1.165) is 77.0 Å². The van der Waals surface area contributed by atoms with Crippen molar-refractivity contribution in [3.8, 4) is 0 Å². The lowest BCUT2D eigenvalue weighted by molar-refractivity contribution is -0.144. The number of rotatable bonds is 18. The summed E-state index contributed by atoms with van der Waals surface area (Å²) in [7, 11) is 0. The zero-order chi connectivity index (χ0) is 38.0. The summed E-state index contributed by atoms with van der Waals surface area (Å²) in [5.74, 6) is -1.29. The first-order valence-electron chi connectivity index (χ1n) is 20.2. The molecule has 1 aromatic heterocycles. The van der Waals surface area contributed by atoms with Gasteiger partial charge in [-0.25, -0.2) is 4.98 Å². The van der Waals surface area contributed by atoms with E-state index in [2.05, 4.69) is 58.9 Å². The molecule has 1 saturated heterocycles. The van der Waals surface area contributed by atoms with E-state index < -0.39 is 41.6 Å². The van der Waals surface area contributed by atoms with E-state index in [0.29, 0.717) is 13.0 Å². The van der Waals surface area contributed by atoms with Gasteiger partial charge in [0.05, 0.1) is 18.2 Å². The number of hydrogen-bond donors (Lipinski definition) is 5. The molecule has 12 nitrogen and oxygen atoms in total. The number of likely N-dealkylation sites (tertiary alicyclic amines) is 1. The van der Waals surface area contributed by atoms with Crippen molar-refractivity contribution in [1.29, 1.82) is 0 Å². The van der Waals surface area contributed by atoms with Gasteiger partial charge in [0, 0.05) is 31.0 Å². The van der Waals surface area contributed by atoms with Crippen LogP contribution in [-0.4, -0.2) is 86.6 Å². The third-order valence-corrected chi connectivity index (χ3v) is 11.5. The largest absolute Gasteiger partial charge is 0.376 e. The normalized spacial score (nSPS) is 24.0. The first-order chi connectivity index (χ1) is 24.8. The molecule has 2 saturated carbocycles. The quantitative estimate of drug-likeness (QED) is 0.136. The van der Waals surface area contributed by atoms with Crippen molar-refractivity contribution < 1.29 is 24.3 Å². The molecule has 5 N–H and O–H groups in total. The number of hydrogen-bond acceptors (Lipinski definition) is 8. The molecule has 12 heteroatoms. The minimum absolute atomic E-state index is 0.0289. The highest BCUT2D eigenvalue weighted by molar-refractivity contribution is 5.97. The fraction of sp³-hybridized carbons (Fsp3) is 0.800. The van der Waals surface area contributed by atoms with E-state index in [4.69, 9.17) is 0 Å². The first kappa shape index (κ1) is 41.6. The molecule has 0 aromatic carbocycles. The molecular formula is C40H67N7O5. The van der Waals surface area contributed by atoms with Gasteiger partial charge in [-0.15, -0.1) is 0 Å². The van der Waals surface area contributed by atoms with Gasteiger partial charge in [-0.05, 0) is 68.1 Å². The van der Waals surface area contributed by atoms with E-state index in [1.165, 1.54) is 18.6 Å². The maximum absolute atomic E-state index is 14.9. The lowest BCUT2D eigenvalue weighted by Crippen LogP contribution is -2.63. The molecule has 2 heterocycles. The second-order valence-electron chi connectivity index (χ2n) is 16.8. The summed E-state index contributed by atoms with van der Waals surface area (Å²) < 4.78 is 0. The van der Waals surface area contributed by atoms with Crippen molar-refractivity contribution in [2.75, 3.05) is 6.54 Å². The molecule has 4 amide bonds. The van der Waals surface area contributed by atoms with E-state index in [1.807, 2.05) is 20.8 Å². The van der Waals surface area contributed by atoms with Crippen LogP contribution in [0.1, 0.15) is 142 Å². The molecule has 6 unspecified atom stereocenters. The third kappa shape index (κ3) is 11.0. The van der Waals surface area contributed by atoms with Crippen LogP contribution in [0.5, 0.6) is 0 Å². The molecule has 0 spiro atoms. The zero-order valence-electron chi connectivity index (χ0n) is 32.8. The SMILES string of the molecule is CCCC1C(C)CN(C(=O)C(NC(=O)[C@@H](NC(=O)c2cnccn2)C2CCCCC2)C(C)(C)C)C1C(O)N[C@@H](CCC)C(CCC)C(=O)NC1CC1. The summed E-state index contributed by atoms with van der Waals surface area (Å²) in [4.78, 5) is 65.8. The molecule has 2 aliphatic carbocycles. The second kappa shape index (κ2) is 19.3. The second-order valence-corrected chi connectivity index (χ2v) is 16.8. The number of amides is 4. The highest BCUT2D eigenvalue weighted by Crippen LogP contribution is 2.37. The Labute approximate surface area is 311 Å². The Balaban J connectivity index is 1.60. The maximum atomic E-state index is 14.9. The van der Waals surface area contributed by atoms with Gasteiger partial charge in [-0.1, -0.05) is 87.0 Å². The Kier molecular flexibility index (Phi) is 15.4. The number of aliphatic hydroxyl groups excluding tert-OH is 1. The number of aliphatic hydroxyl groups is 1. The van der Waals surface area contributed by atoms with Crippen LogP contribution >= 0.6 is 0 Å². The van der Waals surface area contributed by atoms with Crippen LogP contribution < -0.4 is 21.3 Å². The van der Waals surface area contributed by atoms with Gasteiger partial charge < -0.3 is 26.0 Å². The van der Waals surface area contributed by atoms with Gasteiger partial charge in [-0.3, -0.25) is 29.5 Å². The van der Waals surface area contributed by atoms with Gasteiger partial charge in [0.1, 0.15) is 24.0 Å². The molecule has 0 bridgehead atoms. The molecule has 8 atom stereocenters. The average Bonchev–Trinajstić information content (AvgIpc) is 3.88. The Bertz CT molecular complexity index is 1310. The fourth-order valence-electron chi connectivity index (χ4n) is 8.50. The van der Waals surface area contributed by atoms with Gasteiger partial charge in [-0.2, -0.15) is 0 Å². The predicted octanol–water partition coefficient (Wildman–Crippen LogP) is 4.72. The smallest absolute Gasteiger partial charge is 0.272 e. The maximum Gasteiger partial charge on any atom is 0.272 e. The molecule has 3 fully saturated rings. The van der Waals surface area contributed by atoms with Crippen molar-refractivity contribution in [2.45, 2.75) is 168 Å². The number of nitrogens with zero attached hydrogens (tertiary/aromatic N) is 3. The predicted molar refractivity (Wildman–Crippen MR) is 202 cm³/mol. The summed E-state index contributed by atoms with van der Waals surface area (Å²) in [5.41, 5.74) is -0.546. The van der Waals surface area contributed by atoms with Crippen LogP contribution in [0.3, 0.4) is 0 Å². The van der Waals surface area contributed by atoms with E-state index >= 15 is 0 Å². The Morgan fingerprint density at radius 2 is 1.62 bits per heavy atom. The van der Waals surface area contributed by atoms with E-state index in [9.17, 15) is 24.3 Å². The topological polar surface area (TPSA) is 166 Å². The summed E-state index contributed by atoms with van der Waals surface area (Å²) in [5, 5.41) is 24.8. The summed E-state index contributed by atoms with van der Waals surface area (Å²) >= 11 is 0. The van der Waals surface area contributed by atoms with Gasteiger partial charge in [0.25, 0.3) is 5.91 Å². The summed E-state index contributed by atoms with van der Waals surface area (Å²) in [6.07, 6.45) is 14.7. The fourth-order valence-corrected chi connectivity index (χ4v) is 8.50. The molecule has 292 valence electrons. The van der Waals surface area contributed by atoms with Crippen molar-refractivity contribution in [3.05, 3.63) is 24.3 Å². The number of carbonyl (C=O) groups is 4. The van der Waals surface area contributed by atoms with Crippen molar-refractivity contribution in [3.63, 3.8) is 0 Å². The van der Waals surface area contributed by atoms with Crippen molar-refractivity contribution >= 4 is 23.6 Å². The summed E-state index contributed by atoms with van der Waals surface area (Å²) in [6.45, 7) is 14.7. The molecule has 52 heavy (non-hydrogen) atoms. The number of carbonyl (C=O) groups excluding carboxylic acids is 4. The summed E-state index contributed by atoms with van der Waals surface area (Å²) in [6, 6.07) is -2.29. The number of aromatic nitrogens is 2. The first-order valence-corrected chi connectivity index (χ1v) is 20.2. The van der Waals surface area contributed by atoms with Crippen LogP contribution in [0.25, 0.3) is 0 Å². The van der Waals surface area contributed by atoms with Crippen LogP contribution in [0, 0.1) is 29.1 Å².